The summed E-state index contributed by atoms with van der Waals surface area (Å²) in [5, 5.41) is 11.2. The fourth-order valence-electron chi connectivity index (χ4n) is 4.42. The number of nitrogens with zero attached hydrogens (tertiary/aromatic N) is 3. The molecular formula is C31H34ClN3O3S. The molecule has 5 aromatic rings. The fraction of sp³-hybridized carbons (Fsp3) is 0.323. The van der Waals surface area contributed by atoms with Gasteiger partial charge in [0.25, 0.3) is 0 Å². The number of benzene rings is 2. The Balaban J connectivity index is 0.000000648. The Morgan fingerprint density at radius 1 is 1.08 bits per heavy atom. The number of pyridine rings is 1. The van der Waals surface area contributed by atoms with E-state index in [2.05, 4.69) is 25.3 Å². The fourth-order valence-corrected chi connectivity index (χ4v) is 5.65. The van der Waals surface area contributed by atoms with Crippen LogP contribution in [0.25, 0.3) is 43.1 Å². The Bertz CT molecular complexity index is 1640. The smallest absolute Gasteiger partial charge is 0.310 e. The lowest BCUT2D eigenvalue weighted by Gasteiger charge is -2.14. The maximum atomic E-state index is 12.5. The number of carbonyl (C=O) groups excluding carboxylic acids is 1. The number of fused-ring (bicyclic) bond motifs is 2. The summed E-state index contributed by atoms with van der Waals surface area (Å²) >= 11 is 7.76. The number of thiazole rings is 1. The summed E-state index contributed by atoms with van der Waals surface area (Å²) in [6, 6.07) is 13.9. The Kier molecular flexibility index (Phi) is 8.45. The van der Waals surface area contributed by atoms with Gasteiger partial charge in [0.05, 0.1) is 28.8 Å². The van der Waals surface area contributed by atoms with Gasteiger partial charge in [-0.3, -0.25) is 4.79 Å². The monoisotopic (exact) mass is 563 g/mol. The molecule has 3 heterocycles. The number of hydrogen-bond donors (Lipinski definition) is 1. The highest BCUT2D eigenvalue weighted by Gasteiger charge is 2.21. The first-order valence-electron chi connectivity index (χ1n) is 12.9. The molecule has 5 rings (SSSR count). The number of aryl methyl sites for hydroxylation is 3. The Hall–Kier alpha value is -3.26. The van der Waals surface area contributed by atoms with Crippen molar-refractivity contribution in [1.29, 1.82) is 0 Å². The zero-order valence-corrected chi connectivity index (χ0v) is 25.0. The zero-order chi connectivity index (χ0) is 28.5. The lowest BCUT2D eigenvalue weighted by Crippen LogP contribution is -2.10. The van der Waals surface area contributed by atoms with E-state index in [1.54, 1.807) is 32.1 Å². The maximum Gasteiger partial charge on any atom is 0.310 e. The highest BCUT2D eigenvalue weighted by molar-refractivity contribution is 7.22. The predicted molar refractivity (Wildman–Crippen MR) is 162 cm³/mol. The molecule has 0 aliphatic heterocycles. The van der Waals surface area contributed by atoms with E-state index in [1.807, 2.05) is 55.8 Å². The second-order valence-corrected chi connectivity index (χ2v) is 12.0. The van der Waals surface area contributed by atoms with E-state index in [4.69, 9.17) is 31.4 Å². The van der Waals surface area contributed by atoms with Crippen LogP contribution in [0.2, 0.25) is 5.02 Å². The molecule has 3 aromatic heterocycles. The number of aliphatic hydroxyl groups is 1. The molecule has 0 aliphatic rings. The lowest BCUT2D eigenvalue weighted by molar-refractivity contribution is -0.142. The van der Waals surface area contributed by atoms with Crippen LogP contribution < -0.4 is 0 Å². The van der Waals surface area contributed by atoms with Gasteiger partial charge in [-0.15, -0.1) is 11.3 Å². The summed E-state index contributed by atoms with van der Waals surface area (Å²) in [7, 11) is 2.01. The number of halogens is 1. The molecule has 0 radical (unpaired) electrons. The van der Waals surface area contributed by atoms with E-state index >= 15 is 0 Å². The number of rotatable bonds is 5. The third kappa shape index (κ3) is 6.67. The van der Waals surface area contributed by atoms with Crippen molar-refractivity contribution in [2.75, 3.05) is 6.61 Å². The molecule has 0 saturated heterocycles. The minimum Gasteiger partial charge on any atom is -0.466 e. The summed E-state index contributed by atoms with van der Waals surface area (Å²) in [4.78, 5) is 22.3. The Morgan fingerprint density at radius 2 is 1.74 bits per heavy atom. The van der Waals surface area contributed by atoms with Crippen LogP contribution in [-0.2, 0) is 23.0 Å². The minimum atomic E-state index is -0.500. The van der Waals surface area contributed by atoms with Crippen molar-refractivity contribution in [2.45, 2.75) is 53.6 Å². The van der Waals surface area contributed by atoms with E-state index in [0.29, 0.717) is 11.6 Å². The van der Waals surface area contributed by atoms with Gasteiger partial charge in [-0.1, -0.05) is 23.7 Å². The molecule has 0 atom stereocenters. The van der Waals surface area contributed by atoms with Crippen LogP contribution in [0.15, 0.2) is 48.7 Å². The van der Waals surface area contributed by atoms with E-state index in [0.717, 1.165) is 54.2 Å². The van der Waals surface area contributed by atoms with Crippen molar-refractivity contribution in [3.63, 3.8) is 0 Å². The van der Waals surface area contributed by atoms with Gasteiger partial charge in [0, 0.05) is 29.2 Å². The third-order valence-corrected chi connectivity index (χ3v) is 7.37. The van der Waals surface area contributed by atoms with Gasteiger partial charge in [-0.25, -0.2) is 9.97 Å². The summed E-state index contributed by atoms with van der Waals surface area (Å²) in [6.45, 7) is 11.5. The van der Waals surface area contributed by atoms with Gasteiger partial charge in [-0.05, 0) is 94.1 Å². The normalized spacial score (nSPS) is 11.5. The summed E-state index contributed by atoms with van der Waals surface area (Å²) in [5.74, 6) is -0.240. The van der Waals surface area contributed by atoms with Crippen LogP contribution in [-0.4, -0.2) is 37.8 Å². The quantitative estimate of drug-likeness (QED) is 0.222. The minimum absolute atomic E-state index is 0.202. The molecule has 1 N–H and O–H groups in total. The van der Waals surface area contributed by atoms with Gasteiger partial charge in [0.1, 0.15) is 16.3 Å². The first-order chi connectivity index (χ1) is 18.4. The van der Waals surface area contributed by atoms with E-state index < -0.39 is 5.60 Å². The number of esters is 1. The number of ether oxygens (including phenoxy) is 1. The molecular weight excluding hydrogens is 530 g/mol. The predicted octanol–water partition coefficient (Wildman–Crippen LogP) is 7.67. The van der Waals surface area contributed by atoms with Crippen molar-refractivity contribution >= 4 is 50.2 Å². The molecule has 8 heteroatoms. The zero-order valence-electron chi connectivity index (χ0n) is 23.4. The average Bonchev–Trinajstić information content (AvgIpc) is 3.39. The van der Waals surface area contributed by atoms with E-state index in [9.17, 15) is 4.79 Å². The first kappa shape index (κ1) is 28.7. The average molecular weight is 564 g/mol. The largest absolute Gasteiger partial charge is 0.466 e. The van der Waals surface area contributed by atoms with Crippen molar-refractivity contribution in [2.24, 2.45) is 7.05 Å². The van der Waals surface area contributed by atoms with Crippen LogP contribution in [0.5, 0.6) is 0 Å². The number of hydrogen-bond acceptors (Lipinski definition) is 6. The van der Waals surface area contributed by atoms with Crippen molar-refractivity contribution in [1.82, 2.24) is 14.5 Å². The molecule has 0 saturated carbocycles. The first-order valence-corrected chi connectivity index (χ1v) is 14.0. The van der Waals surface area contributed by atoms with Gasteiger partial charge < -0.3 is 14.4 Å². The van der Waals surface area contributed by atoms with Crippen molar-refractivity contribution < 1.29 is 14.6 Å². The standard InChI is InChI=1S/C27H24ClN3O2S.C4H10O/c1-5-33-23(32)13-20-15(2)12-22-25(24(20)17-6-8-18(28)9-7-17)34-27(30-22)21-11-10-19-16(3)14-31(4)26(19)29-21;1-4(2,3)5/h6-12,14H,5,13H2,1-4H3;5H,1-3H3. The maximum absolute atomic E-state index is 12.5. The summed E-state index contributed by atoms with van der Waals surface area (Å²) in [5.41, 5.74) is 7.31. The van der Waals surface area contributed by atoms with Crippen LogP contribution in [0, 0.1) is 13.8 Å². The van der Waals surface area contributed by atoms with Crippen LogP contribution in [0.1, 0.15) is 44.4 Å². The lowest BCUT2D eigenvalue weighted by atomic mass is 9.93. The highest BCUT2D eigenvalue weighted by atomic mass is 35.5. The second kappa shape index (κ2) is 11.5. The summed E-state index contributed by atoms with van der Waals surface area (Å²) < 4.78 is 8.33. The van der Waals surface area contributed by atoms with E-state index in [-0.39, 0.29) is 12.4 Å². The Morgan fingerprint density at radius 3 is 2.38 bits per heavy atom. The molecule has 0 unspecified atom stereocenters. The molecule has 0 spiro atoms. The molecule has 6 nitrogen and oxygen atoms in total. The highest BCUT2D eigenvalue weighted by Crippen LogP contribution is 2.41. The van der Waals surface area contributed by atoms with Crippen LogP contribution in [0.4, 0.5) is 0 Å². The third-order valence-electron chi connectivity index (χ3n) is 6.01. The number of carbonyl (C=O) groups is 1. The van der Waals surface area contributed by atoms with E-state index in [1.165, 1.54) is 5.56 Å². The van der Waals surface area contributed by atoms with Gasteiger partial charge in [-0.2, -0.15) is 0 Å². The van der Waals surface area contributed by atoms with Gasteiger partial charge in [0.15, 0.2) is 0 Å². The topological polar surface area (TPSA) is 77.2 Å². The molecule has 0 aliphatic carbocycles. The molecule has 39 heavy (non-hydrogen) atoms. The van der Waals surface area contributed by atoms with Crippen LogP contribution in [0.3, 0.4) is 0 Å². The van der Waals surface area contributed by atoms with Crippen molar-refractivity contribution in [3.05, 3.63) is 70.4 Å². The molecule has 204 valence electrons. The molecule has 0 amide bonds. The molecule has 0 bridgehead atoms. The van der Waals surface area contributed by atoms with Gasteiger partial charge in [0.2, 0.25) is 0 Å². The summed E-state index contributed by atoms with van der Waals surface area (Å²) in [6.07, 6.45) is 2.29. The molecule has 2 aromatic carbocycles. The Labute approximate surface area is 238 Å². The van der Waals surface area contributed by atoms with Crippen molar-refractivity contribution in [3.8, 4) is 21.8 Å². The second-order valence-electron chi connectivity index (χ2n) is 10.6. The van der Waals surface area contributed by atoms with Crippen LogP contribution >= 0.6 is 22.9 Å². The number of aromatic nitrogens is 3. The SMILES string of the molecule is CC(C)(C)O.CCOC(=O)Cc1c(C)cc2nc(-c3ccc4c(C)cn(C)c4n3)sc2c1-c1ccc(Cl)cc1. The molecule has 0 fully saturated rings. The van der Waals surface area contributed by atoms with Gasteiger partial charge >= 0.3 is 5.97 Å².